The zero-order valence-electron chi connectivity index (χ0n) is 9.01. The molecule has 2 rings (SSSR count). The minimum absolute atomic E-state index is 0.629. The first kappa shape index (κ1) is 10.7. The molecule has 0 fully saturated rings. The maximum absolute atomic E-state index is 9.09. The number of imidazole rings is 1. The van der Waals surface area contributed by atoms with Crippen LogP contribution in [0.15, 0.2) is 29.8 Å². The number of nitriles is 1. The number of nitrogens with zero attached hydrogens (tertiary/aromatic N) is 4. The third kappa shape index (κ3) is 2.07. The van der Waals surface area contributed by atoms with Gasteiger partial charge in [0.1, 0.15) is 17.4 Å². The van der Waals surface area contributed by atoms with Crippen LogP contribution in [0, 0.1) is 25.2 Å². The molecule has 0 bridgehead atoms. The number of hydrogen-bond acceptors (Lipinski definition) is 4. The van der Waals surface area contributed by atoms with Crippen LogP contribution in [0.25, 0.3) is 0 Å². The van der Waals surface area contributed by atoms with Crippen LogP contribution in [0.2, 0.25) is 0 Å². The van der Waals surface area contributed by atoms with Crippen LogP contribution in [0.1, 0.15) is 16.8 Å². The molecule has 0 aliphatic heterocycles. The van der Waals surface area contributed by atoms with Gasteiger partial charge >= 0.3 is 0 Å². The predicted molar refractivity (Wildman–Crippen MR) is 61.9 cm³/mol. The molecule has 16 heavy (non-hydrogen) atoms. The first-order valence-corrected chi connectivity index (χ1v) is 5.52. The lowest BCUT2D eigenvalue weighted by Gasteiger charge is -2.06. The molecule has 2 aromatic heterocycles. The van der Waals surface area contributed by atoms with Crippen molar-refractivity contribution in [3.63, 3.8) is 0 Å². The largest absolute Gasteiger partial charge is 0.275 e. The van der Waals surface area contributed by atoms with Crippen molar-refractivity contribution in [2.45, 2.75) is 18.9 Å². The van der Waals surface area contributed by atoms with Gasteiger partial charge in [-0.3, -0.25) is 3.97 Å². The van der Waals surface area contributed by atoms with E-state index in [1.54, 1.807) is 12.5 Å². The Bertz CT molecular complexity index is 540. The minimum atomic E-state index is 0.629. The standard InChI is InChI=1S/C11H10N4S/c1-8-5-9(2)14-11(10(8)6-12)16-15-4-3-13-7-15/h3-5,7H,1-2H3. The highest BCUT2D eigenvalue weighted by Gasteiger charge is 2.09. The number of pyridine rings is 1. The molecule has 0 aliphatic rings. The summed E-state index contributed by atoms with van der Waals surface area (Å²) in [5, 5.41) is 9.81. The second kappa shape index (κ2) is 4.37. The van der Waals surface area contributed by atoms with Crippen molar-refractivity contribution < 1.29 is 0 Å². The van der Waals surface area contributed by atoms with Crippen LogP contribution < -0.4 is 0 Å². The molecule has 2 heterocycles. The first-order chi connectivity index (χ1) is 7.70. The monoisotopic (exact) mass is 230 g/mol. The lowest BCUT2D eigenvalue weighted by molar-refractivity contribution is 1.02. The predicted octanol–water partition coefficient (Wildman–Crippen LogP) is 2.32. The molecule has 80 valence electrons. The Morgan fingerprint density at radius 3 is 2.88 bits per heavy atom. The summed E-state index contributed by atoms with van der Waals surface area (Å²) in [5.41, 5.74) is 2.50. The Labute approximate surface area is 98.1 Å². The number of aryl methyl sites for hydroxylation is 2. The maximum Gasteiger partial charge on any atom is 0.135 e. The molecular weight excluding hydrogens is 220 g/mol. The Kier molecular flexibility index (Phi) is 2.93. The molecule has 0 amide bonds. The van der Waals surface area contributed by atoms with E-state index in [0.717, 1.165) is 16.3 Å². The van der Waals surface area contributed by atoms with Gasteiger partial charge in [-0.05, 0) is 25.5 Å². The van der Waals surface area contributed by atoms with Crippen LogP contribution in [0.3, 0.4) is 0 Å². The molecule has 0 aromatic carbocycles. The van der Waals surface area contributed by atoms with Crippen molar-refractivity contribution in [1.29, 1.82) is 5.26 Å². The Balaban J connectivity index is 2.44. The van der Waals surface area contributed by atoms with Gasteiger partial charge in [-0.25, -0.2) is 9.97 Å². The van der Waals surface area contributed by atoms with Gasteiger partial charge in [-0.2, -0.15) is 5.26 Å². The molecule has 0 N–H and O–H groups in total. The van der Waals surface area contributed by atoms with Crippen molar-refractivity contribution >= 4 is 11.9 Å². The van der Waals surface area contributed by atoms with Gasteiger partial charge in [-0.15, -0.1) is 0 Å². The number of rotatable bonds is 2. The SMILES string of the molecule is Cc1cc(C)c(C#N)c(Sn2ccnc2)n1. The molecule has 0 saturated heterocycles. The van der Waals surface area contributed by atoms with Gasteiger partial charge in [-0.1, -0.05) is 0 Å². The van der Waals surface area contributed by atoms with E-state index in [1.807, 2.05) is 30.1 Å². The molecule has 5 heteroatoms. The van der Waals surface area contributed by atoms with E-state index in [9.17, 15) is 0 Å². The highest BCUT2D eigenvalue weighted by molar-refractivity contribution is 7.97. The highest BCUT2D eigenvalue weighted by Crippen LogP contribution is 2.24. The Hall–Kier alpha value is -1.80. The topological polar surface area (TPSA) is 54.5 Å². The zero-order chi connectivity index (χ0) is 11.5. The summed E-state index contributed by atoms with van der Waals surface area (Å²) >= 11 is 1.39. The fraction of sp³-hybridized carbons (Fsp3) is 0.182. The van der Waals surface area contributed by atoms with Crippen LogP contribution >= 0.6 is 11.9 Å². The molecular formula is C11H10N4S. The molecule has 2 aromatic rings. The van der Waals surface area contributed by atoms with E-state index in [1.165, 1.54) is 11.9 Å². The third-order valence-electron chi connectivity index (χ3n) is 2.10. The molecule has 4 nitrogen and oxygen atoms in total. The maximum atomic E-state index is 9.09. The van der Waals surface area contributed by atoms with Gasteiger partial charge in [0.05, 0.1) is 5.56 Å². The summed E-state index contributed by atoms with van der Waals surface area (Å²) in [7, 11) is 0. The van der Waals surface area contributed by atoms with Crippen molar-refractivity contribution in [3.05, 3.63) is 41.6 Å². The van der Waals surface area contributed by atoms with Crippen molar-refractivity contribution in [2.75, 3.05) is 0 Å². The summed E-state index contributed by atoms with van der Waals surface area (Å²) in [4.78, 5) is 8.32. The van der Waals surface area contributed by atoms with Crippen LogP contribution in [0.5, 0.6) is 0 Å². The molecule has 0 radical (unpaired) electrons. The van der Waals surface area contributed by atoms with Crippen molar-refractivity contribution in [2.24, 2.45) is 0 Å². The summed E-state index contributed by atoms with van der Waals surface area (Å²) in [6, 6.07) is 4.10. The molecule has 0 saturated carbocycles. The molecule has 0 aliphatic carbocycles. The lowest BCUT2D eigenvalue weighted by Crippen LogP contribution is -1.96. The third-order valence-corrected chi connectivity index (χ3v) is 2.99. The average Bonchev–Trinajstić information content (AvgIpc) is 2.70. The molecule has 0 spiro atoms. The van der Waals surface area contributed by atoms with Gasteiger partial charge < -0.3 is 0 Å². The van der Waals surface area contributed by atoms with Crippen LogP contribution in [-0.4, -0.2) is 13.9 Å². The average molecular weight is 230 g/mol. The van der Waals surface area contributed by atoms with E-state index in [0.29, 0.717) is 5.56 Å². The normalized spacial score (nSPS) is 10.1. The van der Waals surface area contributed by atoms with E-state index in [-0.39, 0.29) is 0 Å². The second-order valence-electron chi connectivity index (χ2n) is 3.39. The first-order valence-electron chi connectivity index (χ1n) is 4.75. The van der Waals surface area contributed by atoms with Crippen molar-refractivity contribution in [1.82, 2.24) is 13.9 Å². The van der Waals surface area contributed by atoms with Gasteiger partial charge in [0, 0.05) is 30.0 Å². The summed E-state index contributed by atoms with van der Waals surface area (Å²) in [5.74, 6) is 0. The fourth-order valence-corrected chi connectivity index (χ4v) is 2.30. The lowest BCUT2D eigenvalue weighted by atomic mass is 10.1. The van der Waals surface area contributed by atoms with Crippen LogP contribution in [-0.2, 0) is 0 Å². The van der Waals surface area contributed by atoms with Gasteiger partial charge in [0.25, 0.3) is 0 Å². The second-order valence-corrected chi connectivity index (χ2v) is 4.38. The minimum Gasteiger partial charge on any atom is -0.275 e. The van der Waals surface area contributed by atoms with Gasteiger partial charge in [0.2, 0.25) is 0 Å². The van der Waals surface area contributed by atoms with Gasteiger partial charge in [0.15, 0.2) is 0 Å². The summed E-state index contributed by atoms with van der Waals surface area (Å²) in [6.45, 7) is 3.84. The van der Waals surface area contributed by atoms with E-state index >= 15 is 0 Å². The number of aromatic nitrogens is 3. The quantitative estimate of drug-likeness (QED) is 0.794. The van der Waals surface area contributed by atoms with E-state index < -0.39 is 0 Å². The zero-order valence-corrected chi connectivity index (χ0v) is 9.82. The summed E-state index contributed by atoms with van der Waals surface area (Å²) in [6.07, 6.45) is 5.21. The van der Waals surface area contributed by atoms with E-state index in [2.05, 4.69) is 16.0 Å². The van der Waals surface area contributed by atoms with Crippen molar-refractivity contribution in [3.8, 4) is 6.07 Å². The summed E-state index contributed by atoms with van der Waals surface area (Å²) < 4.78 is 1.82. The Morgan fingerprint density at radius 2 is 2.25 bits per heavy atom. The molecule has 0 atom stereocenters. The highest BCUT2D eigenvalue weighted by atomic mass is 32.2. The number of hydrogen-bond donors (Lipinski definition) is 0. The smallest absolute Gasteiger partial charge is 0.135 e. The fourth-order valence-electron chi connectivity index (χ4n) is 1.41. The molecule has 0 unspecified atom stereocenters. The Morgan fingerprint density at radius 1 is 1.44 bits per heavy atom. The van der Waals surface area contributed by atoms with Crippen LogP contribution in [0.4, 0.5) is 0 Å². The van der Waals surface area contributed by atoms with E-state index in [4.69, 9.17) is 5.26 Å².